The number of ether oxygens (including phenoxy) is 1. The maximum atomic E-state index is 5.51. The Morgan fingerprint density at radius 1 is 0.889 bits per heavy atom. The van der Waals surface area contributed by atoms with Crippen LogP contribution in [0.2, 0.25) is 0 Å². The van der Waals surface area contributed by atoms with Gasteiger partial charge in [0.1, 0.15) is 0 Å². The predicted octanol–water partition coefficient (Wildman–Crippen LogP) is 5.12. The Labute approximate surface area is 113 Å². The van der Waals surface area contributed by atoms with Crippen LogP contribution in [0, 0.1) is 0 Å². The van der Waals surface area contributed by atoms with Gasteiger partial charge in [0.25, 0.3) is 0 Å². The number of aliphatic imine (C=N–C) groups is 1. The van der Waals surface area contributed by atoms with Crippen molar-refractivity contribution in [3.8, 4) is 0 Å². The van der Waals surface area contributed by atoms with Gasteiger partial charge in [0, 0.05) is 19.4 Å². The summed E-state index contributed by atoms with van der Waals surface area (Å²) in [5.74, 6) is 1.01. The van der Waals surface area contributed by atoms with E-state index in [2.05, 4.69) is 11.9 Å². The molecule has 18 heavy (non-hydrogen) atoms. The summed E-state index contributed by atoms with van der Waals surface area (Å²) >= 11 is 0. The fraction of sp³-hybridized carbons (Fsp3) is 0.938. The smallest absolute Gasteiger partial charge is 0.183 e. The fourth-order valence-corrected chi connectivity index (χ4v) is 2.42. The van der Waals surface area contributed by atoms with Crippen LogP contribution in [-0.2, 0) is 4.74 Å². The molecule has 0 bridgehead atoms. The molecule has 0 aliphatic carbocycles. The van der Waals surface area contributed by atoms with Gasteiger partial charge in [0.05, 0.1) is 6.61 Å². The molecular weight excluding hydrogens is 222 g/mol. The van der Waals surface area contributed by atoms with E-state index < -0.39 is 0 Å². The van der Waals surface area contributed by atoms with Gasteiger partial charge in [0.2, 0.25) is 0 Å². The molecule has 0 saturated carbocycles. The SMILES string of the molecule is CCCCCCCCCCCCC1=NCCCO1. The summed E-state index contributed by atoms with van der Waals surface area (Å²) in [4.78, 5) is 4.40. The average Bonchev–Trinajstić information content (AvgIpc) is 2.42. The first-order valence-corrected chi connectivity index (χ1v) is 8.09. The molecule has 0 saturated heterocycles. The van der Waals surface area contributed by atoms with Gasteiger partial charge in [-0.3, -0.25) is 4.99 Å². The number of unbranched alkanes of at least 4 members (excludes halogenated alkanes) is 9. The molecule has 0 spiro atoms. The van der Waals surface area contributed by atoms with Gasteiger partial charge in [-0.05, 0) is 6.42 Å². The van der Waals surface area contributed by atoms with Crippen molar-refractivity contribution in [2.45, 2.75) is 84.0 Å². The van der Waals surface area contributed by atoms with Crippen LogP contribution in [-0.4, -0.2) is 19.0 Å². The molecule has 2 heteroatoms. The van der Waals surface area contributed by atoms with E-state index in [4.69, 9.17) is 4.74 Å². The number of hydrogen-bond acceptors (Lipinski definition) is 2. The Bertz CT molecular complexity index is 213. The molecule has 1 rings (SSSR count). The van der Waals surface area contributed by atoms with E-state index in [1.54, 1.807) is 0 Å². The van der Waals surface area contributed by atoms with E-state index in [1.807, 2.05) is 0 Å². The minimum atomic E-state index is 0.886. The van der Waals surface area contributed by atoms with E-state index in [1.165, 1.54) is 64.2 Å². The highest BCUT2D eigenvalue weighted by atomic mass is 16.5. The van der Waals surface area contributed by atoms with Crippen molar-refractivity contribution >= 4 is 5.90 Å². The summed E-state index contributed by atoms with van der Waals surface area (Å²) in [5, 5.41) is 0. The lowest BCUT2D eigenvalue weighted by molar-refractivity contribution is 0.272. The van der Waals surface area contributed by atoms with Crippen molar-refractivity contribution in [2.75, 3.05) is 13.2 Å². The first-order valence-electron chi connectivity index (χ1n) is 8.09. The van der Waals surface area contributed by atoms with Gasteiger partial charge < -0.3 is 4.74 Å². The summed E-state index contributed by atoms with van der Waals surface area (Å²) in [6.07, 6.45) is 16.1. The molecule has 0 unspecified atom stereocenters. The third kappa shape index (κ3) is 8.54. The van der Waals surface area contributed by atoms with Crippen LogP contribution in [0.3, 0.4) is 0 Å². The Morgan fingerprint density at radius 3 is 2.06 bits per heavy atom. The highest BCUT2D eigenvalue weighted by molar-refractivity contribution is 5.76. The maximum absolute atomic E-state index is 5.51. The van der Waals surface area contributed by atoms with Crippen LogP contribution in [0.1, 0.15) is 84.0 Å². The van der Waals surface area contributed by atoms with Crippen molar-refractivity contribution in [2.24, 2.45) is 4.99 Å². The lowest BCUT2D eigenvalue weighted by Crippen LogP contribution is -2.13. The molecule has 1 aliphatic rings. The summed E-state index contributed by atoms with van der Waals surface area (Å²) in [6.45, 7) is 4.14. The van der Waals surface area contributed by atoms with Crippen LogP contribution >= 0.6 is 0 Å². The van der Waals surface area contributed by atoms with Crippen molar-refractivity contribution in [1.29, 1.82) is 0 Å². The molecule has 0 aromatic heterocycles. The quantitative estimate of drug-likeness (QED) is 0.468. The minimum absolute atomic E-state index is 0.886. The van der Waals surface area contributed by atoms with E-state index in [0.717, 1.165) is 31.9 Å². The molecule has 0 radical (unpaired) electrons. The Kier molecular flexibility index (Phi) is 9.97. The minimum Gasteiger partial charge on any atom is -0.481 e. The van der Waals surface area contributed by atoms with E-state index in [9.17, 15) is 0 Å². The van der Waals surface area contributed by atoms with Crippen LogP contribution in [0.15, 0.2) is 4.99 Å². The summed E-state index contributed by atoms with van der Waals surface area (Å²) in [5.41, 5.74) is 0. The van der Waals surface area contributed by atoms with Gasteiger partial charge in [0.15, 0.2) is 5.90 Å². The zero-order chi connectivity index (χ0) is 12.9. The normalized spacial score (nSPS) is 15.3. The highest BCUT2D eigenvalue weighted by Gasteiger charge is 2.04. The Balaban J connectivity index is 1.77. The lowest BCUT2D eigenvalue weighted by atomic mass is 10.1. The standard InChI is InChI=1S/C16H31NO/c1-2-3-4-5-6-7-8-9-10-11-13-16-17-14-12-15-18-16/h2-15H2,1H3. The lowest BCUT2D eigenvalue weighted by Gasteiger charge is -2.13. The van der Waals surface area contributed by atoms with E-state index >= 15 is 0 Å². The Morgan fingerprint density at radius 2 is 1.50 bits per heavy atom. The predicted molar refractivity (Wildman–Crippen MR) is 79.3 cm³/mol. The first-order chi connectivity index (χ1) is 8.93. The van der Waals surface area contributed by atoms with Crippen LogP contribution < -0.4 is 0 Å². The summed E-state index contributed by atoms with van der Waals surface area (Å²) in [7, 11) is 0. The monoisotopic (exact) mass is 253 g/mol. The highest BCUT2D eigenvalue weighted by Crippen LogP contribution is 2.12. The fourth-order valence-electron chi connectivity index (χ4n) is 2.42. The van der Waals surface area contributed by atoms with Crippen LogP contribution in [0.25, 0.3) is 0 Å². The van der Waals surface area contributed by atoms with Gasteiger partial charge in [-0.2, -0.15) is 0 Å². The Hall–Kier alpha value is -0.530. The second-order valence-corrected chi connectivity index (χ2v) is 5.41. The van der Waals surface area contributed by atoms with Gasteiger partial charge in [-0.25, -0.2) is 0 Å². The molecule has 0 fully saturated rings. The first kappa shape index (κ1) is 15.5. The second kappa shape index (κ2) is 11.6. The van der Waals surface area contributed by atoms with Gasteiger partial charge in [-0.1, -0.05) is 64.7 Å². The molecule has 1 aliphatic heterocycles. The third-order valence-corrected chi connectivity index (χ3v) is 3.60. The van der Waals surface area contributed by atoms with Gasteiger partial charge in [-0.15, -0.1) is 0 Å². The van der Waals surface area contributed by atoms with Crippen molar-refractivity contribution < 1.29 is 4.74 Å². The maximum Gasteiger partial charge on any atom is 0.183 e. The van der Waals surface area contributed by atoms with Crippen LogP contribution in [0.4, 0.5) is 0 Å². The molecule has 1 heterocycles. The third-order valence-electron chi connectivity index (χ3n) is 3.60. The summed E-state index contributed by atoms with van der Waals surface area (Å²) < 4.78 is 5.51. The molecule has 0 aromatic rings. The largest absolute Gasteiger partial charge is 0.481 e. The zero-order valence-electron chi connectivity index (χ0n) is 12.3. The molecule has 0 N–H and O–H groups in total. The van der Waals surface area contributed by atoms with E-state index in [0.29, 0.717) is 0 Å². The topological polar surface area (TPSA) is 21.6 Å². The number of hydrogen-bond donors (Lipinski definition) is 0. The zero-order valence-corrected chi connectivity index (χ0v) is 12.3. The molecule has 0 aromatic carbocycles. The second-order valence-electron chi connectivity index (χ2n) is 5.41. The van der Waals surface area contributed by atoms with E-state index in [-0.39, 0.29) is 0 Å². The van der Waals surface area contributed by atoms with Gasteiger partial charge >= 0.3 is 0 Å². The van der Waals surface area contributed by atoms with Crippen molar-refractivity contribution in [1.82, 2.24) is 0 Å². The molecule has 106 valence electrons. The average molecular weight is 253 g/mol. The molecule has 0 amide bonds. The van der Waals surface area contributed by atoms with Crippen molar-refractivity contribution in [3.05, 3.63) is 0 Å². The number of nitrogens with zero attached hydrogens (tertiary/aromatic N) is 1. The molecule has 0 atom stereocenters. The molecular formula is C16H31NO. The van der Waals surface area contributed by atoms with Crippen molar-refractivity contribution in [3.63, 3.8) is 0 Å². The number of rotatable bonds is 11. The van der Waals surface area contributed by atoms with Crippen LogP contribution in [0.5, 0.6) is 0 Å². The summed E-state index contributed by atoms with van der Waals surface area (Å²) in [6, 6.07) is 0. The molecule has 2 nitrogen and oxygen atoms in total.